The van der Waals surface area contributed by atoms with Gasteiger partial charge in [0.15, 0.2) is 5.96 Å². The average molecular weight is 471 g/mol. The van der Waals surface area contributed by atoms with Gasteiger partial charge in [0.2, 0.25) is 0 Å². The van der Waals surface area contributed by atoms with E-state index in [1.54, 1.807) is 0 Å². The highest BCUT2D eigenvalue weighted by molar-refractivity contribution is 14.0. The Bertz CT molecular complexity index is 621. The molecular weight excluding hydrogens is 441 g/mol. The maximum Gasteiger partial charge on any atom is 0.191 e. The summed E-state index contributed by atoms with van der Waals surface area (Å²) in [5, 5.41) is 16.8. The topological polar surface area (TPSA) is 65.9 Å². The largest absolute Gasteiger partial charge is 0.396 e. The summed E-state index contributed by atoms with van der Waals surface area (Å²) in [4.78, 5) is 4.42. The summed E-state index contributed by atoms with van der Waals surface area (Å²) in [5.41, 5.74) is 1.49. The molecule has 1 aromatic carbocycles. The van der Waals surface area contributed by atoms with E-state index < -0.39 is 0 Å². The number of nitrogens with zero attached hydrogens (tertiary/aromatic N) is 1. The van der Waals surface area contributed by atoms with Crippen molar-refractivity contribution < 1.29 is 9.84 Å². The van der Waals surface area contributed by atoms with E-state index in [-0.39, 0.29) is 36.5 Å². The Labute approximate surface area is 173 Å². The third-order valence-corrected chi connectivity index (χ3v) is 6.56. The van der Waals surface area contributed by atoms with Gasteiger partial charge in [-0.1, -0.05) is 36.8 Å². The van der Waals surface area contributed by atoms with Gasteiger partial charge in [0.25, 0.3) is 0 Å². The Kier molecular flexibility index (Phi) is 6.45. The number of benzene rings is 1. The molecule has 1 saturated heterocycles. The molecule has 4 unspecified atom stereocenters. The van der Waals surface area contributed by atoms with E-state index in [2.05, 4.69) is 27.8 Å². The molecule has 2 aliphatic carbocycles. The number of hydrogen-bond donors (Lipinski definition) is 3. The van der Waals surface area contributed by atoms with Gasteiger partial charge in [-0.05, 0) is 24.8 Å². The molecule has 1 spiro atoms. The van der Waals surface area contributed by atoms with Crippen LogP contribution in [0.25, 0.3) is 0 Å². The molecule has 5 nitrogen and oxygen atoms in total. The smallest absolute Gasteiger partial charge is 0.191 e. The maximum absolute atomic E-state index is 9.74. The Balaban J connectivity index is 0.00000196. The fraction of sp³-hybridized carbons (Fsp3) is 0.650. The number of aliphatic hydroxyl groups is 1. The highest BCUT2D eigenvalue weighted by atomic mass is 127. The molecule has 0 bridgehead atoms. The van der Waals surface area contributed by atoms with Gasteiger partial charge in [-0.15, -0.1) is 24.0 Å². The summed E-state index contributed by atoms with van der Waals surface area (Å²) < 4.78 is 6.00. The number of rotatable bonds is 5. The van der Waals surface area contributed by atoms with E-state index in [0.717, 1.165) is 24.6 Å². The third-order valence-electron chi connectivity index (χ3n) is 6.56. The molecule has 0 radical (unpaired) electrons. The van der Waals surface area contributed by atoms with Crippen molar-refractivity contribution >= 4 is 29.9 Å². The van der Waals surface area contributed by atoms with E-state index in [1.807, 2.05) is 25.2 Å². The second-order valence-electron chi connectivity index (χ2n) is 7.70. The zero-order chi connectivity index (χ0) is 17.3. The van der Waals surface area contributed by atoms with E-state index in [4.69, 9.17) is 4.74 Å². The van der Waals surface area contributed by atoms with Gasteiger partial charge in [0, 0.05) is 43.5 Å². The van der Waals surface area contributed by atoms with Crippen LogP contribution in [0.1, 0.15) is 37.2 Å². The van der Waals surface area contributed by atoms with E-state index in [9.17, 15) is 5.11 Å². The van der Waals surface area contributed by atoms with Crippen LogP contribution >= 0.6 is 24.0 Å². The molecule has 0 aromatic heterocycles. The zero-order valence-electron chi connectivity index (χ0n) is 15.4. The molecule has 1 aliphatic heterocycles. The van der Waals surface area contributed by atoms with Gasteiger partial charge in [0.1, 0.15) is 0 Å². The van der Waals surface area contributed by atoms with Crippen molar-refractivity contribution in [3.8, 4) is 0 Å². The van der Waals surface area contributed by atoms with Crippen LogP contribution in [0.5, 0.6) is 0 Å². The number of ether oxygens (including phenoxy) is 1. The standard InChI is InChI=1S/C20H29N3O2.HI/c1-21-19(22-12-15(13-24)14-6-3-2-4-7-14)23-17-16-8-11-25-18(16)20(17)9-5-10-20;/h2-4,6-7,15-18,24H,5,8-13H2,1H3,(H2,21,22,23);1H. The molecule has 4 rings (SSSR count). The molecule has 0 amide bonds. The fourth-order valence-corrected chi connectivity index (χ4v) is 5.03. The first-order valence-electron chi connectivity index (χ1n) is 9.53. The van der Waals surface area contributed by atoms with Crippen LogP contribution in [0.15, 0.2) is 35.3 Å². The second-order valence-corrected chi connectivity index (χ2v) is 7.70. The lowest BCUT2D eigenvalue weighted by molar-refractivity contribution is -0.171. The Morgan fingerprint density at radius 1 is 1.35 bits per heavy atom. The Hall–Kier alpha value is -0.860. The van der Waals surface area contributed by atoms with Crippen molar-refractivity contribution in [3.63, 3.8) is 0 Å². The highest BCUT2D eigenvalue weighted by Gasteiger charge is 2.66. The molecule has 3 aliphatic rings. The number of guanidine groups is 1. The number of aliphatic imine (C=N–C) groups is 1. The van der Waals surface area contributed by atoms with Crippen molar-refractivity contribution in [1.82, 2.24) is 10.6 Å². The van der Waals surface area contributed by atoms with Crippen molar-refractivity contribution in [2.75, 3.05) is 26.8 Å². The monoisotopic (exact) mass is 471 g/mol. The molecular formula is C20H30IN3O2. The number of halogens is 1. The van der Waals surface area contributed by atoms with E-state index in [1.165, 1.54) is 19.3 Å². The highest BCUT2D eigenvalue weighted by Crippen LogP contribution is 2.62. The molecule has 144 valence electrons. The molecule has 1 aromatic rings. The van der Waals surface area contributed by atoms with Gasteiger partial charge >= 0.3 is 0 Å². The predicted molar refractivity (Wildman–Crippen MR) is 114 cm³/mol. The number of fused-ring (bicyclic) bond motifs is 2. The summed E-state index contributed by atoms with van der Waals surface area (Å²) in [7, 11) is 1.82. The lowest BCUT2D eigenvalue weighted by Gasteiger charge is -2.63. The average Bonchev–Trinajstić information content (AvgIpc) is 3.02. The van der Waals surface area contributed by atoms with Gasteiger partial charge < -0.3 is 20.5 Å². The number of hydrogen-bond acceptors (Lipinski definition) is 3. The van der Waals surface area contributed by atoms with Gasteiger partial charge in [0.05, 0.1) is 12.7 Å². The van der Waals surface area contributed by atoms with E-state index >= 15 is 0 Å². The normalized spacial score (nSPS) is 29.8. The number of aliphatic hydroxyl groups excluding tert-OH is 1. The Morgan fingerprint density at radius 3 is 2.73 bits per heavy atom. The van der Waals surface area contributed by atoms with Crippen LogP contribution in [0, 0.1) is 11.3 Å². The van der Waals surface area contributed by atoms with Crippen LogP contribution < -0.4 is 10.6 Å². The molecule has 26 heavy (non-hydrogen) atoms. The molecule has 4 atom stereocenters. The summed E-state index contributed by atoms with van der Waals surface area (Å²) in [6, 6.07) is 10.6. The predicted octanol–water partition coefficient (Wildman–Crippen LogP) is 2.50. The van der Waals surface area contributed by atoms with Gasteiger partial charge in [-0.3, -0.25) is 4.99 Å². The van der Waals surface area contributed by atoms with Crippen LogP contribution in [-0.4, -0.2) is 50.0 Å². The summed E-state index contributed by atoms with van der Waals surface area (Å²) in [6.07, 6.45) is 5.48. The molecule has 6 heteroatoms. The molecule has 3 fully saturated rings. The minimum atomic E-state index is 0. The van der Waals surface area contributed by atoms with E-state index in [0.29, 0.717) is 30.0 Å². The van der Waals surface area contributed by atoms with Gasteiger partial charge in [-0.25, -0.2) is 0 Å². The first-order chi connectivity index (χ1) is 12.3. The molecule has 2 saturated carbocycles. The lowest BCUT2D eigenvalue weighted by Crippen LogP contribution is -2.72. The van der Waals surface area contributed by atoms with Crippen LogP contribution in [0.2, 0.25) is 0 Å². The van der Waals surface area contributed by atoms with Crippen molar-refractivity contribution in [2.45, 2.75) is 43.7 Å². The molecule has 1 heterocycles. The first-order valence-corrected chi connectivity index (χ1v) is 9.53. The minimum absolute atomic E-state index is 0. The van der Waals surface area contributed by atoms with Crippen LogP contribution in [0.4, 0.5) is 0 Å². The quantitative estimate of drug-likeness (QED) is 0.351. The lowest BCUT2D eigenvalue weighted by atomic mass is 9.46. The second kappa shape index (κ2) is 8.44. The first kappa shape index (κ1) is 19.9. The number of nitrogens with one attached hydrogen (secondary N) is 2. The van der Waals surface area contributed by atoms with Gasteiger partial charge in [-0.2, -0.15) is 0 Å². The van der Waals surface area contributed by atoms with Crippen molar-refractivity contribution in [1.29, 1.82) is 0 Å². The summed E-state index contributed by atoms with van der Waals surface area (Å²) >= 11 is 0. The fourth-order valence-electron chi connectivity index (χ4n) is 5.03. The van der Waals surface area contributed by atoms with Crippen molar-refractivity contribution in [2.24, 2.45) is 16.3 Å². The maximum atomic E-state index is 9.74. The van der Waals surface area contributed by atoms with Crippen LogP contribution in [0.3, 0.4) is 0 Å². The minimum Gasteiger partial charge on any atom is -0.396 e. The van der Waals surface area contributed by atoms with Crippen LogP contribution in [-0.2, 0) is 4.74 Å². The SMILES string of the molecule is CN=C(NCC(CO)c1ccccc1)NC1C2CCOC2C12CCC2.I. The van der Waals surface area contributed by atoms with Crippen molar-refractivity contribution in [3.05, 3.63) is 35.9 Å². The summed E-state index contributed by atoms with van der Waals surface area (Å²) in [6.45, 7) is 1.70. The molecule has 3 N–H and O–H groups in total. The zero-order valence-corrected chi connectivity index (χ0v) is 17.7. The third kappa shape index (κ3) is 3.36. The Morgan fingerprint density at radius 2 is 2.12 bits per heavy atom. The summed E-state index contributed by atoms with van der Waals surface area (Å²) in [5.74, 6) is 1.54.